The SMILES string of the molecule is CCCNC(=O)C(Cc1ccccc1)N(Cc1cccc(Br)c1)C(=O)Cc1ccc(Cl)cc1. The van der Waals surface area contributed by atoms with Gasteiger partial charge in [0.25, 0.3) is 0 Å². The average molecular weight is 528 g/mol. The Morgan fingerprint density at radius 1 is 0.939 bits per heavy atom. The van der Waals surface area contributed by atoms with Gasteiger partial charge in [-0.2, -0.15) is 0 Å². The first kappa shape index (κ1) is 25.0. The molecule has 0 fully saturated rings. The van der Waals surface area contributed by atoms with E-state index in [0.717, 1.165) is 27.6 Å². The second-order valence-corrected chi connectivity index (χ2v) is 9.30. The third kappa shape index (κ3) is 7.72. The van der Waals surface area contributed by atoms with Gasteiger partial charge in [-0.15, -0.1) is 0 Å². The fourth-order valence-corrected chi connectivity index (χ4v) is 4.20. The molecular weight excluding hydrogens is 500 g/mol. The molecular formula is C27H28BrClN2O2. The zero-order valence-corrected chi connectivity index (χ0v) is 21.0. The molecule has 6 heteroatoms. The quantitative estimate of drug-likeness (QED) is 0.362. The number of carbonyl (C=O) groups is 2. The van der Waals surface area contributed by atoms with E-state index in [1.54, 1.807) is 17.0 Å². The molecule has 0 saturated carbocycles. The van der Waals surface area contributed by atoms with Crippen molar-refractivity contribution in [3.8, 4) is 0 Å². The number of nitrogens with one attached hydrogen (secondary N) is 1. The molecule has 0 aromatic heterocycles. The summed E-state index contributed by atoms with van der Waals surface area (Å²) in [6.45, 7) is 2.92. The van der Waals surface area contributed by atoms with E-state index in [1.807, 2.05) is 73.7 Å². The summed E-state index contributed by atoms with van der Waals surface area (Å²) in [6.07, 6.45) is 1.46. The highest BCUT2D eigenvalue weighted by atomic mass is 79.9. The molecule has 0 aliphatic heterocycles. The molecule has 0 aliphatic carbocycles. The average Bonchev–Trinajstić information content (AvgIpc) is 2.82. The molecule has 0 heterocycles. The highest BCUT2D eigenvalue weighted by molar-refractivity contribution is 9.10. The predicted octanol–water partition coefficient (Wildman–Crippen LogP) is 5.81. The number of hydrogen-bond acceptors (Lipinski definition) is 2. The summed E-state index contributed by atoms with van der Waals surface area (Å²) in [5.41, 5.74) is 2.82. The first-order valence-electron chi connectivity index (χ1n) is 11.1. The van der Waals surface area contributed by atoms with Gasteiger partial charge in [0.15, 0.2) is 0 Å². The lowest BCUT2D eigenvalue weighted by molar-refractivity contribution is -0.140. The molecule has 0 bridgehead atoms. The fraction of sp³-hybridized carbons (Fsp3) is 0.259. The predicted molar refractivity (Wildman–Crippen MR) is 137 cm³/mol. The number of amides is 2. The molecule has 0 aliphatic rings. The van der Waals surface area contributed by atoms with Crippen LogP contribution in [0.15, 0.2) is 83.3 Å². The van der Waals surface area contributed by atoms with Crippen LogP contribution in [0.3, 0.4) is 0 Å². The van der Waals surface area contributed by atoms with Crippen LogP contribution in [0, 0.1) is 0 Å². The van der Waals surface area contributed by atoms with Crippen molar-refractivity contribution in [2.75, 3.05) is 6.54 Å². The number of nitrogens with zero attached hydrogens (tertiary/aromatic N) is 1. The molecule has 172 valence electrons. The van der Waals surface area contributed by atoms with Crippen LogP contribution in [0.1, 0.15) is 30.0 Å². The van der Waals surface area contributed by atoms with Crippen LogP contribution in [-0.2, 0) is 29.0 Å². The van der Waals surface area contributed by atoms with Gasteiger partial charge < -0.3 is 10.2 Å². The normalized spacial score (nSPS) is 11.6. The molecule has 0 saturated heterocycles. The highest BCUT2D eigenvalue weighted by Gasteiger charge is 2.30. The van der Waals surface area contributed by atoms with Crippen molar-refractivity contribution in [2.24, 2.45) is 0 Å². The van der Waals surface area contributed by atoms with Crippen molar-refractivity contribution in [2.45, 2.75) is 38.8 Å². The van der Waals surface area contributed by atoms with E-state index in [4.69, 9.17) is 11.6 Å². The Labute approximate surface area is 209 Å². The Morgan fingerprint density at radius 3 is 2.30 bits per heavy atom. The van der Waals surface area contributed by atoms with Crippen LogP contribution in [0.5, 0.6) is 0 Å². The Balaban J connectivity index is 1.94. The van der Waals surface area contributed by atoms with Crippen molar-refractivity contribution in [1.29, 1.82) is 0 Å². The zero-order valence-electron chi connectivity index (χ0n) is 18.6. The van der Waals surface area contributed by atoms with Gasteiger partial charge in [0.05, 0.1) is 6.42 Å². The van der Waals surface area contributed by atoms with E-state index in [9.17, 15) is 9.59 Å². The number of halogens is 2. The smallest absolute Gasteiger partial charge is 0.243 e. The van der Waals surface area contributed by atoms with Crippen molar-refractivity contribution < 1.29 is 9.59 Å². The van der Waals surface area contributed by atoms with Gasteiger partial charge in [0, 0.05) is 29.0 Å². The number of carbonyl (C=O) groups excluding carboxylic acids is 2. The minimum atomic E-state index is -0.627. The molecule has 0 spiro atoms. The third-order valence-electron chi connectivity index (χ3n) is 5.33. The van der Waals surface area contributed by atoms with Crippen LogP contribution in [0.4, 0.5) is 0 Å². The molecule has 3 aromatic carbocycles. The Bertz CT molecular complexity index is 1060. The standard InChI is InChI=1S/C27H28BrClN2O2/c1-2-15-30-27(33)25(17-20-7-4-3-5-8-20)31(19-22-9-6-10-23(28)16-22)26(32)18-21-11-13-24(29)14-12-21/h3-14,16,25H,2,15,17-19H2,1H3,(H,30,33). The van der Waals surface area contributed by atoms with E-state index in [2.05, 4.69) is 21.2 Å². The van der Waals surface area contributed by atoms with Crippen molar-refractivity contribution >= 4 is 39.3 Å². The monoisotopic (exact) mass is 526 g/mol. The summed E-state index contributed by atoms with van der Waals surface area (Å²) in [4.78, 5) is 28.6. The van der Waals surface area contributed by atoms with Gasteiger partial charge >= 0.3 is 0 Å². The van der Waals surface area contributed by atoms with E-state index in [-0.39, 0.29) is 18.2 Å². The Morgan fingerprint density at radius 2 is 1.64 bits per heavy atom. The maximum Gasteiger partial charge on any atom is 0.243 e. The molecule has 1 unspecified atom stereocenters. The molecule has 1 atom stereocenters. The first-order chi connectivity index (χ1) is 16.0. The minimum Gasteiger partial charge on any atom is -0.354 e. The van der Waals surface area contributed by atoms with E-state index >= 15 is 0 Å². The fourth-order valence-electron chi connectivity index (χ4n) is 3.63. The molecule has 3 rings (SSSR count). The first-order valence-corrected chi connectivity index (χ1v) is 12.2. The lowest BCUT2D eigenvalue weighted by atomic mass is 10.0. The Kier molecular flexibility index (Phi) is 9.52. The molecule has 33 heavy (non-hydrogen) atoms. The largest absolute Gasteiger partial charge is 0.354 e. The third-order valence-corrected chi connectivity index (χ3v) is 6.08. The Hall–Kier alpha value is -2.63. The van der Waals surface area contributed by atoms with Gasteiger partial charge in [-0.05, 0) is 47.4 Å². The summed E-state index contributed by atoms with van der Waals surface area (Å²) in [7, 11) is 0. The highest BCUT2D eigenvalue weighted by Crippen LogP contribution is 2.19. The van der Waals surface area contributed by atoms with Crippen LogP contribution in [0.25, 0.3) is 0 Å². The number of benzene rings is 3. The van der Waals surface area contributed by atoms with Gasteiger partial charge in [0.2, 0.25) is 11.8 Å². The van der Waals surface area contributed by atoms with Crippen LogP contribution in [0.2, 0.25) is 5.02 Å². The summed E-state index contributed by atoms with van der Waals surface area (Å²) in [5, 5.41) is 3.62. The van der Waals surface area contributed by atoms with Gasteiger partial charge in [-0.3, -0.25) is 9.59 Å². The van der Waals surface area contributed by atoms with Crippen molar-refractivity contribution in [1.82, 2.24) is 10.2 Å². The summed E-state index contributed by atoms with van der Waals surface area (Å²) < 4.78 is 0.931. The van der Waals surface area contributed by atoms with Gasteiger partial charge in [-0.25, -0.2) is 0 Å². The second-order valence-electron chi connectivity index (χ2n) is 7.95. The molecule has 3 aromatic rings. The molecule has 4 nitrogen and oxygen atoms in total. The minimum absolute atomic E-state index is 0.107. The molecule has 2 amide bonds. The van der Waals surface area contributed by atoms with E-state index in [0.29, 0.717) is 24.5 Å². The van der Waals surface area contributed by atoms with Gasteiger partial charge in [-0.1, -0.05) is 89.1 Å². The second kappa shape index (κ2) is 12.6. The van der Waals surface area contributed by atoms with E-state index < -0.39 is 6.04 Å². The van der Waals surface area contributed by atoms with E-state index in [1.165, 1.54) is 0 Å². The van der Waals surface area contributed by atoms with Crippen molar-refractivity contribution in [3.63, 3.8) is 0 Å². The van der Waals surface area contributed by atoms with Crippen LogP contribution < -0.4 is 5.32 Å². The summed E-state index contributed by atoms with van der Waals surface area (Å²) in [5.74, 6) is -0.245. The molecule has 1 N–H and O–H groups in total. The number of rotatable bonds is 10. The maximum atomic E-state index is 13.6. The van der Waals surface area contributed by atoms with Crippen LogP contribution >= 0.6 is 27.5 Å². The lowest BCUT2D eigenvalue weighted by Crippen LogP contribution is -2.51. The maximum absolute atomic E-state index is 13.6. The zero-order chi connectivity index (χ0) is 23.6. The summed E-state index contributed by atoms with van der Waals surface area (Å²) in [6, 6.07) is 24.3. The van der Waals surface area contributed by atoms with Crippen molar-refractivity contribution in [3.05, 3.63) is 105 Å². The topological polar surface area (TPSA) is 49.4 Å². The van der Waals surface area contributed by atoms with Gasteiger partial charge in [0.1, 0.15) is 6.04 Å². The molecule has 0 radical (unpaired) electrons. The van der Waals surface area contributed by atoms with Crippen LogP contribution in [-0.4, -0.2) is 29.3 Å². The summed E-state index contributed by atoms with van der Waals surface area (Å²) >= 11 is 9.52. The lowest BCUT2D eigenvalue weighted by Gasteiger charge is -2.31. The number of hydrogen-bond donors (Lipinski definition) is 1.